The Bertz CT molecular complexity index is 147. The van der Waals surface area contributed by atoms with Crippen LogP contribution in [0.5, 0.6) is 0 Å². The predicted molar refractivity (Wildman–Crippen MR) is 63.5 cm³/mol. The number of aliphatic hydroxyl groups is 2. The maximum Gasteiger partial charge on any atom is 0.0700 e. The molecule has 0 saturated heterocycles. The van der Waals surface area contributed by atoms with E-state index in [1.54, 1.807) is 27.7 Å². The molecule has 16 heavy (non-hydrogen) atoms. The van der Waals surface area contributed by atoms with Crippen LogP contribution in [-0.4, -0.2) is 47.8 Å². The Labute approximate surface area is 98.6 Å². The average Bonchev–Trinajstić information content (AvgIpc) is 2.06. The van der Waals surface area contributed by atoms with Crippen LogP contribution < -0.4 is 0 Å². The van der Waals surface area contributed by atoms with Gasteiger partial charge in [0.05, 0.1) is 24.4 Å². The van der Waals surface area contributed by atoms with E-state index in [1.807, 2.05) is 0 Å². The standard InChI is InChI=1S/C12H26O4/c1-11(2,13)5-7-15-9-10-16-8-6-12(3,4)14/h13-14H,5-10H2,1-4H3. The SMILES string of the molecule is CC(C)(O)CCOCCOCCC(C)(C)O. The molecule has 4 heteroatoms. The second-order valence-electron chi connectivity index (χ2n) is 5.35. The van der Waals surface area contributed by atoms with E-state index in [-0.39, 0.29) is 0 Å². The molecule has 0 radical (unpaired) electrons. The zero-order chi connectivity index (χ0) is 12.7. The summed E-state index contributed by atoms with van der Waals surface area (Å²) in [5, 5.41) is 18.8. The van der Waals surface area contributed by atoms with Crippen LogP contribution in [0.4, 0.5) is 0 Å². The van der Waals surface area contributed by atoms with Gasteiger partial charge in [0.15, 0.2) is 0 Å². The summed E-state index contributed by atoms with van der Waals surface area (Å²) in [6, 6.07) is 0. The van der Waals surface area contributed by atoms with E-state index in [0.717, 1.165) is 0 Å². The van der Waals surface area contributed by atoms with Crippen LogP contribution in [0.15, 0.2) is 0 Å². The Kier molecular flexibility index (Phi) is 7.15. The number of ether oxygens (including phenoxy) is 2. The Hall–Kier alpha value is -0.160. The van der Waals surface area contributed by atoms with Crippen LogP contribution in [0.25, 0.3) is 0 Å². The lowest BCUT2D eigenvalue weighted by Crippen LogP contribution is -2.22. The van der Waals surface area contributed by atoms with Gasteiger partial charge >= 0.3 is 0 Å². The van der Waals surface area contributed by atoms with Crippen molar-refractivity contribution in [3.8, 4) is 0 Å². The van der Waals surface area contributed by atoms with Gasteiger partial charge in [-0.1, -0.05) is 0 Å². The highest BCUT2D eigenvalue weighted by Crippen LogP contribution is 2.07. The zero-order valence-electron chi connectivity index (χ0n) is 11.0. The van der Waals surface area contributed by atoms with Gasteiger partial charge in [0.2, 0.25) is 0 Å². The van der Waals surface area contributed by atoms with Gasteiger partial charge < -0.3 is 19.7 Å². The first-order valence-corrected chi connectivity index (χ1v) is 5.81. The van der Waals surface area contributed by atoms with Crippen molar-refractivity contribution >= 4 is 0 Å². The van der Waals surface area contributed by atoms with Crippen LogP contribution in [-0.2, 0) is 9.47 Å². The second-order valence-corrected chi connectivity index (χ2v) is 5.35. The van der Waals surface area contributed by atoms with Crippen molar-refractivity contribution in [2.45, 2.75) is 51.7 Å². The maximum atomic E-state index is 9.41. The molecule has 0 bridgehead atoms. The van der Waals surface area contributed by atoms with Gasteiger partial charge in [0.25, 0.3) is 0 Å². The third-order valence-corrected chi connectivity index (χ3v) is 2.09. The minimum atomic E-state index is -0.665. The highest BCUT2D eigenvalue weighted by atomic mass is 16.5. The smallest absolute Gasteiger partial charge is 0.0700 e. The van der Waals surface area contributed by atoms with Crippen LogP contribution >= 0.6 is 0 Å². The molecule has 0 atom stereocenters. The molecule has 0 aliphatic rings. The van der Waals surface area contributed by atoms with Gasteiger partial charge in [0.1, 0.15) is 0 Å². The van der Waals surface area contributed by atoms with Crippen molar-refractivity contribution in [2.75, 3.05) is 26.4 Å². The quantitative estimate of drug-likeness (QED) is 0.591. The van der Waals surface area contributed by atoms with Gasteiger partial charge in [-0.15, -0.1) is 0 Å². The zero-order valence-corrected chi connectivity index (χ0v) is 11.0. The fourth-order valence-corrected chi connectivity index (χ4v) is 0.966. The molecule has 0 aliphatic heterocycles. The number of rotatable bonds is 9. The van der Waals surface area contributed by atoms with Crippen molar-refractivity contribution in [1.82, 2.24) is 0 Å². The molecule has 98 valence electrons. The molecule has 0 fully saturated rings. The minimum Gasteiger partial charge on any atom is -0.390 e. The molecule has 4 nitrogen and oxygen atoms in total. The molecule has 0 aromatic heterocycles. The van der Waals surface area contributed by atoms with Gasteiger partial charge in [-0.05, 0) is 40.5 Å². The van der Waals surface area contributed by atoms with Crippen LogP contribution in [0.1, 0.15) is 40.5 Å². The maximum absolute atomic E-state index is 9.41. The molecule has 2 N–H and O–H groups in total. The van der Waals surface area contributed by atoms with Crippen molar-refractivity contribution in [2.24, 2.45) is 0 Å². The molecule has 0 aliphatic carbocycles. The first-order valence-electron chi connectivity index (χ1n) is 5.81. The molecule has 0 spiro atoms. The molecular formula is C12H26O4. The van der Waals surface area contributed by atoms with E-state index in [4.69, 9.17) is 9.47 Å². The normalized spacial score (nSPS) is 13.1. The summed E-state index contributed by atoms with van der Waals surface area (Å²) in [7, 11) is 0. The highest BCUT2D eigenvalue weighted by Gasteiger charge is 2.12. The van der Waals surface area contributed by atoms with Crippen molar-refractivity contribution in [3.63, 3.8) is 0 Å². The van der Waals surface area contributed by atoms with E-state index in [2.05, 4.69) is 0 Å². The first kappa shape index (κ1) is 15.8. The fourth-order valence-electron chi connectivity index (χ4n) is 0.966. The fraction of sp³-hybridized carbons (Fsp3) is 1.00. The van der Waals surface area contributed by atoms with Crippen LogP contribution in [0, 0.1) is 0 Å². The molecule has 0 unspecified atom stereocenters. The lowest BCUT2D eigenvalue weighted by atomic mass is 10.1. The van der Waals surface area contributed by atoms with Gasteiger partial charge in [-0.3, -0.25) is 0 Å². The van der Waals surface area contributed by atoms with Crippen molar-refractivity contribution < 1.29 is 19.7 Å². The Morgan fingerprint density at radius 2 is 1.00 bits per heavy atom. The Morgan fingerprint density at radius 1 is 0.688 bits per heavy atom. The lowest BCUT2D eigenvalue weighted by molar-refractivity contribution is -0.00773. The lowest BCUT2D eigenvalue weighted by Gasteiger charge is -2.17. The van der Waals surface area contributed by atoms with Crippen molar-refractivity contribution in [3.05, 3.63) is 0 Å². The summed E-state index contributed by atoms with van der Waals surface area (Å²) < 4.78 is 10.6. The highest BCUT2D eigenvalue weighted by molar-refractivity contribution is 4.64. The summed E-state index contributed by atoms with van der Waals surface area (Å²) in [4.78, 5) is 0. The molecular weight excluding hydrogens is 208 g/mol. The summed E-state index contributed by atoms with van der Waals surface area (Å²) in [6.45, 7) is 9.18. The number of hydrogen-bond donors (Lipinski definition) is 2. The molecule has 0 amide bonds. The van der Waals surface area contributed by atoms with E-state index < -0.39 is 11.2 Å². The largest absolute Gasteiger partial charge is 0.390 e. The van der Waals surface area contributed by atoms with E-state index in [0.29, 0.717) is 39.3 Å². The summed E-state index contributed by atoms with van der Waals surface area (Å²) in [5.74, 6) is 0. The Balaban J connectivity index is 3.17. The summed E-state index contributed by atoms with van der Waals surface area (Å²) in [5.41, 5.74) is -1.33. The number of hydrogen-bond acceptors (Lipinski definition) is 4. The third-order valence-electron chi connectivity index (χ3n) is 2.09. The molecule has 0 aromatic carbocycles. The Morgan fingerprint density at radius 3 is 1.25 bits per heavy atom. The molecule has 0 saturated carbocycles. The van der Waals surface area contributed by atoms with Gasteiger partial charge in [0, 0.05) is 13.2 Å². The molecule has 0 aromatic rings. The monoisotopic (exact) mass is 234 g/mol. The first-order chi connectivity index (χ1) is 7.21. The average molecular weight is 234 g/mol. The predicted octanol–water partition coefficient (Wildman–Crippen LogP) is 1.34. The van der Waals surface area contributed by atoms with Crippen LogP contribution in [0.3, 0.4) is 0 Å². The second kappa shape index (κ2) is 7.22. The summed E-state index contributed by atoms with van der Waals surface area (Å²) >= 11 is 0. The van der Waals surface area contributed by atoms with E-state index >= 15 is 0 Å². The summed E-state index contributed by atoms with van der Waals surface area (Å²) in [6.07, 6.45) is 1.24. The third kappa shape index (κ3) is 13.8. The van der Waals surface area contributed by atoms with Gasteiger partial charge in [-0.2, -0.15) is 0 Å². The topological polar surface area (TPSA) is 58.9 Å². The van der Waals surface area contributed by atoms with E-state index in [1.165, 1.54) is 0 Å². The van der Waals surface area contributed by atoms with Crippen molar-refractivity contribution in [1.29, 1.82) is 0 Å². The minimum absolute atomic E-state index is 0.530. The molecule has 0 heterocycles. The van der Waals surface area contributed by atoms with Gasteiger partial charge in [-0.25, -0.2) is 0 Å². The van der Waals surface area contributed by atoms with E-state index in [9.17, 15) is 10.2 Å². The molecule has 0 rings (SSSR count). The van der Waals surface area contributed by atoms with Crippen LogP contribution in [0.2, 0.25) is 0 Å².